The van der Waals surface area contributed by atoms with Gasteiger partial charge in [-0.3, -0.25) is 9.80 Å². The third kappa shape index (κ3) is 5.14. The van der Waals surface area contributed by atoms with E-state index < -0.39 is 17.5 Å². The highest BCUT2D eigenvalue weighted by atomic mass is 19.1. The van der Waals surface area contributed by atoms with E-state index in [0.29, 0.717) is 25.6 Å². The van der Waals surface area contributed by atoms with Crippen molar-refractivity contribution in [1.29, 1.82) is 5.26 Å². The molecule has 3 heterocycles. The highest BCUT2D eigenvalue weighted by molar-refractivity contribution is 5.67. The molecule has 3 fully saturated rings. The van der Waals surface area contributed by atoms with Gasteiger partial charge in [-0.05, 0) is 39.0 Å². The van der Waals surface area contributed by atoms with E-state index in [0.717, 1.165) is 32.7 Å². The summed E-state index contributed by atoms with van der Waals surface area (Å²) in [5.41, 5.74) is -0.275. The van der Waals surface area contributed by atoms with Crippen molar-refractivity contribution in [3.63, 3.8) is 0 Å². The average Bonchev–Trinajstić information content (AvgIpc) is 3.30. The van der Waals surface area contributed by atoms with Crippen LogP contribution in [0.4, 0.5) is 9.18 Å². The standard InChI is InChI=1S/C23H31FN4O4/c1-22(2,3)32-21(29)26-6-7-28-13-17-12-27(14-20-23(17,15-28)31-20)8-9-30-19-5-4-16(11-25)10-18(19)24/h4-5,10,17,20H,6-9,12-15H2,1-3H3,(H,26,29). The predicted octanol–water partition coefficient (Wildman–Crippen LogP) is 1.99. The molecule has 32 heavy (non-hydrogen) atoms. The van der Waals surface area contributed by atoms with E-state index in [1.54, 1.807) is 6.07 Å². The van der Waals surface area contributed by atoms with Crippen molar-refractivity contribution in [2.45, 2.75) is 38.1 Å². The first kappa shape index (κ1) is 22.8. The fourth-order valence-corrected chi connectivity index (χ4v) is 4.72. The number of nitriles is 1. The minimum atomic E-state index is -0.515. The van der Waals surface area contributed by atoms with Crippen molar-refractivity contribution in [3.05, 3.63) is 29.6 Å². The lowest BCUT2D eigenvalue weighted by Gasteiger charge is -2.30. The number of nitrogens with one attached hydrogen (secondary N) is 1. The summed E-state index contributed by atoms with van der Waals surface area (Å²) in [4.78, 5) is 16.5. The molecule has 4 rings (SSSR count). The SMILES string of the molecule is CC(C)(C)OC(=O)NCCN1CC2CN(CCOc3ccc(C#N)cc3F)CC3OC23C1. The van der Waals surface area contributed by atoms with Gasteiger partial charge in [0.1, 0.15) is 23.9 Å². The van der Waals surface area contributed by atoms with E-state index in [1.807, 2.05) is 26.8 Å². The zero-order chi connectivity index (χ0) is 22.9. The van der Waals surface area contributed by atoms with Gasteiger partial charge in [-0.15, -0.1) is 0 Å². The van der Waals surface area contributed by atoms with Gasteiger partial charge < -0.3 is 19.5 Å². The fourth-order valence-electron chi connectivity index (χ4n) is 4.72. The quantitative estimate of drug-likeness (QED) is 0.641. The number of amides is 1. The first-order valence-electron chi connectivity index (χ1n) is 11.1. The summed E-state index contributed by atoms with van der Waals surface area (Å²) in [6, 6.07) is 6.15. The molecule has 3 unspecified atom stereocenters. The number of hydrogen-bond acceptors (Lipinski definition) is 7. The number of epoxide rings is 1. The predicted molar refractivity (Wildman–Crippen MR) is 115 cm³/mol. The number of carbonyl (C=O) groups excluding carboxylic acids is 1. The van der Waals surface area contributed by atoms with Gasteiger partial charge in [0.15, 0.2) is 11.6 Å². The van der Waals surface area contributed by atoms with Gasteiger partial charge in [0, 0.05) is 51.7 Å². The molecule has 9 heteroatoms. The Bertz CT molecular complexity index is 899. The molecule has 0 aliphatic carbocycles. The van der Waals surface area contributed by atoms with Gasteiger partial charge in [0.05, 0.1) is 11.6 Å². The van der Waals surface area contributed by atoms with E-state index in [1.165, 1.54) is 12.1 Å². The van der Waals surface area contributed by atoms with Crippen molar-refractivity contribution >= 4 is 6.09 Å². The molecule has 0 aromatic heterocycles. The molecular weight excluding hydrogens is 415 g/mol. The zero-order valence-corrected chi connectivity index (χ0v) is 18.9. The molecule has 0 radical (unpaired) electrons. The van der Waals surface area contributed by atoms with Crippen molar-refractivity contribution in [2.75, 3.05) is 52.4 Å². The summed E-state index contributed by atoms with van der Waals surface area (Å²) in [5.74, 6) is 0.0654. The topological polar surface area (TPSA) is 90.4 Å². The lowest BCUT2D eigenvalue weighted by Crippen LogP contribution is -2.47. The van der Waals surface area contributed by atoms with Crippen molar-refractivity contribution < 1.29 is 23.4 Å². The highest BCUT2D eigenvalue weighted by Crippen LogP contribution is 2.51. The van der Waals surface area contributed by atoms with Crippen molar-refractivity contribution in [2.24, 2.45) is 5.92 Å². The van der Waals surface area contributed by atoms with Crippen molar-refractivity contribution in [3.8, 4) is 11.8 Å². The molecule has 1 amide bonds. The molecule has 0 saturated carbocycles. The van der Waals surface area contributed by atoms with Crippen LogP contribution in [-0.4, -0.2) is 85.6 Å². The number of alkyl carbamates (subject to hydrolysis) is 1. The van der Waals surface area contributed by atoms with Crippen LogP contribution < -0.4 is 10.1 Å². The lowest BCUT2D eigenvalue weighted by atomic mass is 9.88. The van der Waals surface area contributed by atoms with Gasteiger partial charge in [-0.1, -0.05) is 0 Å². The molecule has 3 aliphatic rings. The van der Waals surface area contributed by atoms with Crippen LogP contribution in [0, 0.1) is 23.1 Å². The van der Waals surface area contributed by atoms with Gasteiger partial charge in [-0.2, -0.15) is 5.26 Å². The first-order valence-corrected chi connectivity index (χ1v) is 11.1. The molecule has 3 aliphatic heterocycles. The molecule has 1 aromatic carbocycles. The van der Waals surface area contributed by atoms with Gasteiger partial charge >= 0.3 is 6.09 Å². The zero-order valence-electron chi connectivity index (χ0n) is 18.9. The van der Waals surface area contributed by atoms with E-state index in [4.69, 9.17) is 19.5 Å². The number of halogens is 1. The van der Waals surface area contributed by atoms with Crippen LogP contribution >= 0.6 is 0 Å². The maximum absolute atomic E-state index is 14.0. The van der Waals surface area contributed by atoms with Crippen LogP contribution in [0.3, 0.4) is 0 Å². The summed E-state index contributed by atoms with van der Waals surface area (Å²) in [7, 11) is 0. The van der Waals surface area contributed by atoms with Crippen LogP contribution in [0.5, 0.6) is 5.75 Å². The Hall–Kier alpha value is -2.41. The first-order chi connectivity index (χ1) is 15.2. The number of hydrogen-bond donors (Lipinski definition) is 1. The Labute approximate surface area is 188 Å². The normalized spacial score (nSPS) is 27.2. The smallest absolute Gasteiger partial charge is 0.407 e. The van der Waals surface area contributed by atoms with Crippen LogP contribution in [0.2, 0.25) is 0 Å². The summed E-state index contributed by atoms with van der Waals surface area (Å²) >= 11 is 0. The minimum Gasteiger partial charge on any atom is -0.489 e. The molecule has 3 saturated heterocycles. The number of rotatable bonds is 7. The van der Waals surface area contributed by atoms with E-state index in [2.05, 4.69) is 15.1 Å². The summed E-state index contributed by atoms with van der Waals surface area (Å²) in [6.45, 7) is 11.5. The number of piperidine rings is 1. The second kappa shape index (κ2) is 8.85. The molecule has 1 aromatic rings. The summed E-state index contributed by atoms with van der Waals surface area (Å²) in [5, 5.41) is 11.6. The van der Waals surface area contributed by atoms with Crippen molar-refractivity contribution in [1.82, 2.24) is 15.1 Å². The second-order valence-corrected chi connectivity index (χ2v) is 9.79. The molecule has 0 bridgehead atoms. The van der Waals surface area contributed by atoms with Crippen LogP contribution in [0.1, 0.15) is 26.3 Å². The molecule has 3 atom stereocenters. The van der Waals surface area contributed by atoms with Gasteiger partial charge in [0.2, 0.25) is 0 Å². The third-order valence-electron chi connectivity index (χ3n) is 6.21. The minimum absolute atomic E-state index is 0.0531. The molecule has 174 valence electrons. The monoisotopic (exact) mass is 446 g/mol. The largest absolute Gasteiger partial charge is 0.489 e. The lowest BCUT2D eigenvalue weighted by molar-refractivity contribution is 0.0523. The van der Waals surface area contributed by atoms with E-state index in [9.17, 15) is 9.18 Å². The van der Waals surface area contributed by atoms with E-state index >= 15 is 0 Å². The molecule has 8 nitrogen and oxygen atoms in total. The summed E-state index contributed by atoms with van der Waals surface area (Å²) in [6.07, 6.45) is -0.172. The molecule has 1 N–H and O–H groups in total. The number of carbonyl (C=O) groups is 1. The number of benzene rings is 1. The Morgan fingerprint density at radius 3 is 2.81 bits per heavy atom. The number of ether oxygens (including phenoxy) is 3. The van der Waals surface area contributed by atoms with Gasteiger partial charge in [-0.25, -0.2) is 9.18 Å². The fraction of sp³-hybridized carbons (Fsp3) is 0.652. The van der Waals surface area contributed by atoms with Crippen LogP contribution in [0.15, 0.2) is 18.2 Å². The maximum Gasteiger partial charge on any atom is 0.407 e. The molecular formula is C23H31FN4O4. The highest BCUT2D eigenvalue weighted by Gasteiger charge is 2.67. The van der Waals surface area contributed by atoms with Crippen LogP contribution in [0.25, 0.3) is 0 Å². The third-order valence-corrected chi connectivity index (χ3v) is 6.21. The van der Waals surface area contributed by atoms with Gasteiger partial charge in [0.25, 0.3) is 0 Å². The average molecular weight is 447 g/mol. The Balaban J connectivity index is 1.20. The second-order valence-electron chi connectivity index (χ2n) is 9.79. The Kier molecular flexibility index (Phi) is 6.30. The Morgan fingerprint density at radius 1 is 1.31 bits per heavy atom. The van der Waals surface area contributed by atoms with E-state index in [-0.39, 0.29) is 23.0 Å². The molecule has 1 spiro atoms. The van der Waals surface area contributed by atoms with Crippen LogP contribution in [-0.2, 0) is 9.47 Å². The number of likely N-dealkylation sites (tertiary alicyclic amines) is 2. The number of nitrogens with zero attached hydrogens (tertiary/aromatic N) is 3. The summed E-state index contributed by atoms with van der Waals surface area (Å²) < 4.78 is 31.0. The Morgan fingerprint density at radius 2 is 2.09 bits per heavy atom. The maximum atomic E-state index is 14.0.